The van der Waals surface area contributed by atoms with E-state index < -0.39 is 0 Å². The fourth-order valence-corrected chi connectivity index (χ4v) is 2.14. The number of imidazole rings is 1. The van der Waals surface area contributed by atoms with Gasteiger partial charge in [-0.15, -0.1) is 0 Å². The molecule has 1 aromatic heterocycles. The number of nitrogens with zero attached hydrogens (tertiary/aromatic N) is 2. The summed E-state index contributed by atoms with van der Waals surface area (Å²) >= 11 is 0. The van der Waals surface area contributed by atoms with Crippen molar-refractivity contribution in [1.82, 2.24) is 9.55 Å². The molecule has 0 unspecified atom stereocenters. The number of aryl methyl sites for hydroxylation is 1. The van der Waals surface area contributed by atoms with Gasteiger partial charge in [-0.2, -0.15) is 0 Å². The lowest BCUT2D eigenvalue weighted by atomic mass is 10.2. The summed E-state index contributed by atoms with van der Waals surface area (Å²) in [5.74, 6) is 6.37. The number of nitrogens with one attached hydrogen (secondary N) is 1. The highest BCUT2D eigenvalue weighted by Crippen LogP contribution is 2.25. The Bertz CT molecular complexity index is 686. The Morgan fingerprint density at radius 1 is 1.11 bits per heavy atom. The van der Waals surface area contributed by atoms with Gasteiger partial charge in [0.15, 0.2) is 0 Å². The average Bonchev–Trinajstić information content (AvgIpc) is 2.76. The molecule has 4 nitrogen and oxygen atoms in total. The van der Waals surface area contributed by atoms with Gasteiger partial charge in [0.2, 0.25) is 0 Å². The van der Waals surface area contributed by atoms with E-state index in [1.807, 2.05) is 43.4 Å². The zero-order chi connectivity index (χ0) is 12.5. The second kappa shape index (κ2) is 4.16. The summed E-state index contributed by atoms with van der Waals surface area (Å²) in [7, 11) is 2.02. The van der Waals surface area contributed by atoms with E-state index in [4.69, 9.17) is 5.84 Å². The standard InChI is InChI=1S/C14H14N4/c1-18-13-8-7-11(17-15)9-12(13)16-14(18)10-5-3-2-4-6-10/h2-9,17H,15H2,1H3. The van der Waals surface area contributed by atoms with E-state index in [9.17, 15) is 0 Å². The molecule has 0 saturated carbocycles. The van der Waals surface area contributed by atoms with Gasteiger partial charge in [0.25, 0.3) is 0 Å². The van der Waals surface area contributed by atoms with Gasteiger partial charge in [-0.1, -0.05) is 30.3 Å². The molecule has 90 valence electrons. The summed E-state index contributed by atoms with van der Waals surface area (Å²) in [4.78, 5) is 4.66. The van der Waals surface area contributed by atoms with E-state index in [1.54, 1.807) is 0 Å². The molecule has 1 heterocycles. The van der Waals surface area contributed by atoms with Crippen LogP contribution in [0.2, 0.25) is 0 Å². The predicted molar refractivity (Wildman–Crippen MR) is 74.0 cm³/mol. The van der Waals surface area contributed by atoms with Gasteiger partial charge in [0.1, 0.15) is 5.82 Å². The first kappa shape index (κ1) is 10.8. The first-order chi connectivity index (χ1) is 8.79. The molecule has 0 aliphatic heterocycles. The Morgan fingerprint density at radius 3 is 2.61 bits per heavy atom. The van der Waals surface area contributed by atoms with Crippen LogP contribution >= 0.6 is 0 Å². The molecule has 0 spiro atoms. The van der Waals surface area contributed by atoms with Crippen molar-refractivity contribution in [2.24, 2.45) is 12.9 Å². The van der Waals surface area contributed by atoms with Crippen molar-refractivity contribution in [3.63, 3.8) is 0 Å². The Labute approximate surface area is 105 Å². The Balaban J connectivity index is 2.23. The normalized spacial score (nSPS) is 10.8. The number of benzene rings is 2. The van der Waals surface area contributed by atoms with Gasteiger partial charge in [-0.05, 0) is 18.2 Å². The van der Waals surface area contributed by atoms with E-state index in [2.05, 4.69) is 27.1 Å². The van der Waals surface area contributed by atoms with Gasteiger partial charge in [0.05, 0.1) is 16.7 Å². The maximum Gasteiger partial charge on any atom is 0.140 e. The third kappa shape index (κ3) is 1.63. The molecule has 3 aromatic rings. The molecule has 4 heteroatoms. The Kier molecular flexibility index (Phi) is 2.50. The van der Waals surface area contributed by atoms with Crippen LogP contribution in [0.3, 0.4) is 0 Å². The quantitative estimate of drug-likeness (QED) is 0.533. The number of hydrazine groups is 1. The Morgan fingerprint density at radius 2 is 1.89 bits per heavy atom. The predicted octanol–water partition coefficient (Wildman–Crippen LogP) is 2.53. The smallest absolute Gasteiger partial charge is 0.140 e. The van der Waals surface area contributed by atoms with Crippen molar-refractivity contribution in [2.45, 2.75) is 0 Å². The maximum absolute atomic E-state index is 5.41. The van der Waals surface area contributed by atoms with Crippen molar-refractivity contribution < 1.29 is 0 Å². The first-order valence-electron chi connectivity index (χ1n) is 5.78. The minimum atomic E-state index is 0.861. The second-order valence-electron chi connectivity index (χ2n) is 4.21. The molecule has 0 amide bonds. The number of anilines is 1. The minimum Gasteiger partial charge on any atom is -0.327 e. The third-order valence-corrected chi connectivity index (χ3v) is 3.08. The van der Waals surface area contributed by atoms with Crippen molar-refractivity contribution in [3.8, 4) is 11.4 Å². The summed E-state index contributed by atoms with van der Waals surface area (Å²) in [6.07, 6.45) is 0. The lowest BCUT2D eigenvalue weighted by Crippen LogP contribution is -2.06. The summed E-state index contributed by atoms with van der Waals surface area (Å²) in [5, 5.41) is 0. The molecule has 0 radical (unpaired) electrons. The van der Waals surface area contributed by atoms with Crippen molar-refractivity contribution >= 4 is 16.7 Å². The van der Waals surface area contributed by atoms with Crippen LogP contribution in [0.5, 0.6) is 0 Å². The number of hydrogen-bond donors (Lipinski definition) is 2. The Hall–Kier alpha value is -2.33. The van der Waals surface area contributed by atoms with Crippen molar-refractivity contribution in [3.05, 3.63) is 48.5 Å². The molecule has 0 aliphatic rings. The highest BCUT2D eigenvalue weighted by atomic mass is 15.2. The lowest BCUT2D eigenvalue weighted by Gasteiger charge is -2.02. The average molecular weight is 238 g/mol. The molecular weight excluding hydrogens is 224 g/mol. The number of nitrogens with two attached hydrogens (primary N) is 1. The third-order valence-electron chi connectivity index (χ3n) is 3.08. The van der Waals surface area contributed by atoms with Crippen molar-refractivity contribution in [1.29, 1.82) is 0 Å². The summed E-state index contributed by atoms with van der Waals surface area (Å²) in [6, 6.07) is 16.1. The highest BCUT2D eigenvalue weighted by Gasteiger charge is 2.09. The van der Waals surface area contributed by atoms with Gasteiger partial charge in [-0.25, -0.2) is 4.98 Å². The minimum absolute atomic E-state index is 0.861. The molecule has 0 aliphatic carbocycles. The van der Waals surface area contributed by atoms with Gasteiger partial charge < -0.3 is 9.99 Å². The number of rotatable bonds is 2. The van der Waals surface area contributed by atoms with E-state index in [0.717, 1.165) is 28.1 Å². The number of hydrogen-bond acceptors (Lipinski definition) is 3. The van der Waals surface area contributed by atoms with Crippen LogP contribution in [0.15, 0.2) is 48.5 Å². The molecule has 0 saturated heterocycles. The van der Waals surface area contributed by atoms with E-state index in [0.29, 0.717) is 0 Å². The summed E-state index contributed by atoms with van der Waals surface area (Å²) in [6.45, 7) is 0. The van der Waals surface area contributed by atoms with E-state index in [-0.39, 0.29) is 0 Å². The molecule has 2 aromatic carbocycles. The second-order valence-corrected chi connectivity index (χ2v) is 4.21. The fraction of sp³-hybridized carbons (Fsp3) is 0.0714. The van der Waals surface area contributed by atoms with Gasteiger partial charge in [0, 0.05) is 12.6 Å². The van der Waals surface area contributed by atoms with Gasteiger partial charge in [-0.3, -0.25) is 5.84 Å². The number of nitrogen functional groups attached to an aromatic ring is 1. The van der Waals surface area contributed by atoms with Crippen LogP contribution in [-0.4, -0.2) is 9.55 Å². The molecule has 3 rings (SSSR count). The number of aromatic nitrogens is 2. The largest absolute Gasteiger partial charge is 0.327 e. The molecule has 3 N–H and O–H groups in total. The molecular formula is C14H14N4. The van der Waals surface area contributed by atoms with Crippen LogP contribution < -0.4 is 11.3 Å². The van der Waals surface area contributed by atoms with E-state index >= 15 is 0 Å². The van der Waals surface area contributed by atoms with Crippen LogP contribution in [0.1, 0.15) is 0 Å². The maximum atomic E-state index is 5.41. The van der Waals surface area contributed by atoms with Crippen molar-refractivity contribution in [2.75, 3.05) is 5.43 Å². The molecule has 0 bridgehead atoms. The monoisotopic (exact) mass is 238 g/mol. The summed E-state index contributed by atoms with van der Waals surface area (Å²) in [5.41, 5.74) is 6.64. The molecule has 0 atom stereocenters. The number of fused-ring (bicyclic) bond motifs is 1. The topological polar surface area (TPSA) is 55.9 Å². The first-order valence-corrected chi connectivity index (χ1v) is 5.78. The van der Waals surface area contributed by atoms with Gasteiger partial charge >= 0.3 is 0 Å². The molecule has 18 heavy (non-hydrogen) atoms. The van der Waals surface area contributed by atoms with Crippen LogP contribution in [0, 0.1) is 0 Å². The van der Waals surface area contributed by atoms with Crippen LogP contribution in [0.4, 0.5) is 5.69 Å². The zero-order valence-electron chi connectivity index (χ0n) is 10.1. The highest BCUT2D eigenvalue weighted by molar-refractivity contribution is 5.83. The SMILES string of the molecule is Cn1c(-c2ccccc2)nc2cc(NN)ccc21. The zero-order valence-corrected chi connectivity index (χ0v) is 10.1. The fourth-order valence-electron chi connectivity index (χ4n) is 2.14. The van der Waals surface area contributed by atoms with E-state index in [1.165, 1.54) is 0 Å². The summed E-state index contributed by atoms with van der Waals surface area (Å²) < 4.78 is 2.09. The molecule has 0 fully saturated rings. The lowest BCUT2D eigenvalue weighted by molar-refractivity contribution is 0.959. The van der Waals surface area contributed by atoms with Crippen LogP contribution in [-0.2, 0) is 7.05 Å². The van der Waals surface area contributed by atoms with Crippen LogP contribution in [0.25, 0.3) is 22.4 Å².